The number of nitrogens with one attached hydrogen (secondary N) is 1. The van der Waals surface area contributed by atoms with Crippen molar-refractivity contribution in [2.75, 3.05) is 38.1 Å². The van der Waals surface area contributed by atoms with Crippen LogP contribution in [0, 0.1) is 5.82 Å². The summed E-state index contributed by atoms with van der Waals surface area (Å²) in [5.41, 5.74) is 1.89. The molecule has 0 amide bonds. The number of hydrogen-bond donors (Lipinski definition) is 1. The van der Waals surface area contributed by atoms with Crippen molar-refractivity contribution >= 4 is 5.69 Å². The fraction of sp³-hybridized carbons (Fsp3) is 0.600. The molecule has 1 aliphatic rings. The quantitative estimate of drug-likeness (QED) is 0.899. The van der Waals surface area contributed by atoms with Crippen LogP contribution in [-0.4, -0.2) is 44.2 Å². The number of likely N-dealkylation sites (N-methyl/N-ethyl adjacent to an activating group) is 1. The van der Waals surface area contributed by atoms with E-state index in [0.29, 0.717) is 6.04 Å². The standard InChI is InChI=1S/C15H24FN3/c1-12(2)17-11-13-4-5-14(16)15(10-13)19-8-6-18(3)7-9-19/h4-5,10,12,17H,6-9,11H2,1-3H3. The lowest BCUT2D eigenvalue weighted by Gasteiger charge is -2.34. The smallest absolute Gasteiger partial charge is 0.146 e. The highest BCUT2D eigenvalue weighted by molar-refractivity contribution is 5.50. The van der Waals surface area contributed by atoms with E-state index in [2.05, 4.69) is 36.0 Å². The van der Waals surface area contributed by atoms with Crippen LogP contribution in [0.1, 0.15) is 19.4 Å². The van der Waals surface area contributed by atoms with Crippen LogP contribution in [0.15, 0.2) is 18.2 Å². The third-order valence-electron chi connectivity index (χ3n) is 3.57. The summed E-state index contributed by atoms with van der Waals surface area (Å²) in [6.07, 6.45) is 0. The lowest BCUT2D eigenvalue weighted by molar-refractivity contribution is 0.311. The van der Waals surface area contributed by atoms with Crippen molar-refractivity contribution in [3.05, 3.63) is 29.6 Å². The van der Waals surface area contributed by atoms with Crippen molar-refractivity contribution in [1.82, 2.24) is 10.2 Å². The highest BCUT2D eigenvalue weighted by Crippen LogP contribution is 2.22. The molecule has 3 nitrogen and oxygen atoms in total. The molecule has 1 aromatic rings. The molecule has 1 aliphatic heterocycles. The van der Waals surface area contributed by atoms with Gasteiger partial charge in [-0.25, -0.2) is 4.39 Å². The lowest BCUT2D eigenvalue weighted by Crippen LogP contribution is -2.44. The molecule has 0 atom stereocenters. The van der Waals surface area contributed by atoms with Crippen LogP contribution in [-0.2, 0) is 6.54 Å². The summed E-state index contributed by atoms with van der Waals surface area (Å²) in [5.74, 6) is -0.113. The Hall–Kier alpha value is -1.13. The first-order valence-corrected chi connectivity index (χ1v) is 7.01. The summed E-state index contributed by atoms with van der Waals surface area (Å²) in [4.78, 5) is 4.42. The van der Waals surface area contributed by atoms with E-state index in [1.165, 1.54) is 0 Å². The van der Waals surface area contributed by atoms with Gasteiger partial charge in [0.25, 0.3) is 0 Å². The summed E-state index contributed by atoms with van der Waals surface area (Å²) in [6, 6.07) is 5.88. The first-order chi connectivity index (χ1) is 9.06. The number of rotatable bonds is 4. The molecule has 1 aromatic carbocycles. The van der Waals surface area contributed by atoms with E-state index in [0.717, 1.165) is 44.0 Å². The third-order valence-corrected chi connectivity index (χ3v) is 3.57. The monoisotopic (exact) mass is 265 g/mol. The van der Waals surface area contributed by atoms with Gasteiger partial charge in [-0.1, -0.05) is 19.9 Å². The van der Waals surface area contributed by atoms with Gasteiger partial charge in [0, 0.05) is 38.8 Å². The molecule has 1 heterocycles. The van der Waals surface area contributed by atoms with Crippen LogP contribution in [0.2, 0.25) is 0 Å². The molecule has 1 N–H and O–H groups in total. The first-order valence-electron chi connectivity index (χ1n) is 7.01. The molecule has 0 saturated carbocycles. The summed E-state index contributed by atoms with van der Waals surface area (Å²) in [5, 5.41) is 3.37. The number of piperazine rings is 1. The molecular weight excluding hydrogens is 241 g/mol. The largest absolute Gasteiger partial charge is 0.367 e. The summed E-state index contributed by atoms with van der Waals surface area (Å²) in [7, 11) is 2.11. The highest BCUT2D eigenvalue weighted by atomic mass is 19.1. The minimum atomic E-state index is -0.113. The van der Waals surface area contributed by atoms with Gasteiger partial charge in [0.2, 0.25) is 0 Å². The molecule has 0 bridgehead atoms. The Bertz CT molecular complexity index is 412. The maximum absolute atomic E-state index is 14.0. The molecule has 1 saturated heterocycles. The fourth-order valence-corrected chi connectivity index (χ4v) is 2.28. The number of benzene rings is 1. The predicted molar refractivity (Wildman–Crippen MR) is 78.1 cm³/mol. The van der Waals surface area contributed by atoms with Crippen molar-refractivity contribution in [3.8, 4) is 0 Å². The summed E-state index contributed by atoms with van der Waals surface area (Å²) in [6.45, 7) is 8.80. The zero-order valence-corrected chi connectivity index (χ0v) is 12.1. The second kappa shape index (κ2) is 6.35. The van der Waals surface area contributed by atoms with Crippen LogP contribution in [0.3, 0.4) is 0 Å². The van der Waals surface area contributed by atoms with Gasteiger partial charge in [0.1, 0.15) is 5.82 Å². The second-order valence-corrected chi connectivity index (χ2v) is 5.61. The molecule has 2 rings (SSSR count). The molecule has 1 fully saturated rings. The van der Waals surface area contributed by atoms with E-state index < -0.39 is 0 Å². The molecular formula is C15H24FN3. The average Bonchev–Trinajstić information content (AvgIpc) is 2.39. The van der Waals surface area contributed by atoms with Crippen LogP contribution >= 0.6 is 0 Å². The molecule has 0 spiro atoms. The molecule has 0 aromatic heterocycles. The van der Waals surface area contributed by atoms with E-state index in [4.69, 9.17) is 0 Å². The molecule has 19 heavy (non-hydrogen) atoms. The molecule has 0 radical (unpaired) electrons. The second-order valence-electron chi connectivity index (χ2n) is 5.61. The number of nitrogens with zero attached hydrogens (tertiary/aromatic N) is 2. The Kier molecular flexibility index (Phi) is 4.77. The zero-order chi connectivity index (χ0) is 13.8. The molecule has 0 unspecified atom stereocenters. The Balaban J connectivity index is 2.08. The first kappa shape index (κ1) is 14.3. The summed E-state index contributed by atoms with van der Waals surface area (Å²) < 4.78 is 14.0. The molecule has 4 heteroatoms. The van der Waals surface area contributed by atoms with Gasteiger partial charge >= 0.3 is 0 Å². The Morgan fingerprint density at radius 1 is 1.21 bits per heavy atom. The van der Waals surface area contributed by atoms with E-state index in [1.54, 1.807) is 6.07 Å². The maximum Gasteiger partial charge on any atom is 0.146 e. The Morgan fingerprint density at radius 2 is 1.89 bits per heavy atom. The molecule has 106 valence electrons. The lowest BCUT2D eigenvalue weighted by atomic mass is 10.1. The van der Waals surface area contributed by atoms with E-state index in [9.17, 15) is 4.39 Å². The van der Waals surface area contributed by atoms with Crippen LogP contribution in [0.5, 0.6) is 0 Å². The SMILES string of the molecule is CC(C)NCc1ccc(F)c(N2CCN(C)CC2)c1. The topological polar surface area (TPSA) is 18.5 Å². The van der Waals surface area contributed by atoms with Crippen molar-refractivity contribution in [1.29, 1.82) is 0 Å². The van der Waals surface area contributed by atoms with Crippen molar-refractivity contribution in [2.45, 2.75) is 26.4 Å². The van der Waals surface area contributed by atoms with Crippen molar-refractivity contribution < 1.29 is 4.39 Å². The highest BCUT2D eigenvalue weighted by Gasteiger charge is 2.17. The fourth-order valence-electron chi connectivity index (χ4n) is 2.28. The van der Waals surface area contributed by atoms with E-state index in [-0.39, 0.29) is 5.82 Å². The van der Waals surface area contributed by atoms with Crippen molar-refractivity contribution in [3.63, 3.8) is 0 Å². The van der Waals surface area contributed by atoms with Crippen LogP contribution < -0.4 is 10.2 Å². The van der Waals surface area contributed by atoms with E-state index >= 15 is 0 Å². The van der Waals surface area contributed by atoms with Gasteiger partial charge in [-0.2, -0.15) is 0 Å². The number of halogens is 1. The number of anilines is 1. The van der Waals surface area contributed by atoms with Crippen LogP contribution in [0.25, 0.3) is 0 Å². The summed E-state index contributed by atoms with van der Waals surface area (Å²) >= 11 is 0. The zero-order valence-electron chi connectivity index (χ0n) is 12.1. The minimum Gasteiger partial charge on any atom is -0.367 e. The van der Waals surface area contributed by atoms with Gasteiger partial charge in [0.05, 0.1) is 5.69 Å². The maximum atomic E-state index is 14.0. The van der Waals surface area contributed by atoms with Gasteiger partial charge in [0.15, 0.2) is 0 Å². The van der Waals surface area contributed by atoms with E-state index in [1.807, 2.05) is 12.1 Å². The van der Waals surface area contributed by atoms with Crippen molar-refractivity contribution in [2.24, 2.45) is 0 Å². The Labute approximate surface area is 115 Å². The average molecular weight is 265 g/mol. The van der Waals surface area contributed by atoms with Gasteiger partial charge in [-0.15, -0.1) is 0 Å². The predicted octanol–water partition coefficient (Wildman–Crippen LogP) is 2.08. The minimum absolute atomic E-state index is 0.113. The Morgan fingerprint density at radius 3 is 2.53 bits per heavy atom. The normalized spacial score (nSPS) is 17.2. The van der Waals surface area contributed by atoms with Crippen LogP contribution in [0.4, 0.5) is 10.1 Å². The van der Waals surface area contributed by atoms with Gasteiger partial charge in [-0.3, -0.25) is 0 Å². The van der Waals surface area contributed by atoms with Gasteiger partial charge in [-0.05, 0) is 24.7 Å². The number of hydrogen-bond acceptors (Lipinski definition) is 3. The van der Waals surface area contributed by atoms with Gasteiger partial charge < -0.3 is 15.1 Å². The third kappa shape index (κ3) is 3.91. The molecule has 0 aliphatic carbocycles.